The van der Waals surface area contributed by atoms with E-state index in [1.807, 2.05) is 24.3 Å². The Balaban J connectivity index is 1.33. The minimum Gasteiger partial charge on any atom is -0.497 e. The van der Waals surface area contributed by atoms with Gasteiger partial charge in [0.25, 0.3) is 0 Å². The lowest BCUT2D eigenvalue weighted by Gasteiger charge is -2.41. The van der Waals surface area contributed by atoms with Crippen LogP contribution in [0.2, 0.25) is 0 Å². The topological polar surface area (TPSA) is 93.1 Å². The minimum atomic E-state index is -3.70. The van der Waals surface area contributed by atoms with Crippen LogP contribution in [0.1, 0.15) is 57.6 Å². The van der Waals surface area contributed by atoms with E-state index < -0.39 is 41.4 Å². The van der Waals surface area contributed by atoms with Gasteiger partial charge in [0, 0.05) is 31.1 Å². The van der Waals surface area contributed by atoms with Crippen molar-refractivity contribution < 1.29 is 38.1 Å². The summed E-state index contributed by atoms with van der Waals surface area (Å²) < 4.78 is 39.0. The number of hydrogen-bond acceptors (Lipinski definition) is 6. The molecule has 2 saturated carbocycles. The number of carbonyl (C=O) groups is 2. The Morgan fingerprint density at radius 3 is 2.40 bits per heavy atom. The molecule has 2 aliphatic carbocycles. The maximum atomic E-state index is 14.4. The van der Waals surface area contributed by atoms with E-state index in [1.165, 1.54) is 6.07 Å². The number of aliphatic hydroxyl groups is 2. The van der Waals surface area contributed by atoms with Crippen LogP contribution in [-0.4, -0.2) is 46.2 Å². The summed E-state index contributed by atoms with van der Waals surface area (Å²) in [5.41, 5.74) is -1.25. The van der Waals surface area contributed by atoms with Gasteiger partial charge >= 0.3 is 11.9 Å². The normalized spacial score (nSPS) is 24.8. The lowest BCUT2D eigenvalue weighted by Crippen LogP contribution is -2.53. The van der Waals surface area contributed by atoms with E-state index >= 15 is 0 Å². The summed E-state index contributed by atoms with van der Waals surface area (Å²) in [7, 11) is 1.60. The molecule has 0 aromatic heterocycles. The Morgan fingerprint density at radius 2 is 1.76 bits per heavy atom. The number of halogens is 2. The molecule has 2 aromatic rings. The molecule has 6 unspecified atom stereocenters. The number of para-hydroxylation sites is 1. The van der Waals surface area contributed by atoms with Crippen molar-refractivity contribution >= 4 is 11.8 Å². The first kappa shape index (κ1) is 31.7. The molecular formula is C34H40F2O6. The molecule has 2 aliphatic rings. The lowest BCUT2D eigenvalue weighted by molar-refractivity contribution is -0.162. The molecule has 7 atom stereocenters. The number of fused-ring (bicyclic) bond motifs is 1. The summed E-state index contributed by atoms with van der Waals surface area (Å²) in [6.07, 6.45) is 0.159. The summed E-state index contributed by atoms with van der Waals surface area (Å²) in [4.78, 5) is 24.9. The van der Waals surface area contributed by atoms with Crippen molar-refractivity contribution in [1.82, 2.24) is 0 Å². The molecule has 0 radical (unpaired) electrons. The zero-order valence-electron chi connectivity index (χ0n) is 24.8. The van der Waals surface area contributed by atoms with Gasteiger partial charge in [-0.15, -0.1) is 5.92 Å². The van der Waals surface area contributed by atoms with Crippen LogP contribution in [0.15, 0.2) is 48.5 Å². The Morgan fingerprint density at radius 1 is 1.10 bits per heavy atom. The average Bonchev–Trinajstić information content (AvgIpc) is 3.54. The third-order valence-electron chi connectivity index (χ3n) is 9.28. The van der Waals surface area contributed by atoms with Crippen molar-refractivity contribution in [1.29, 1.82) is 0 Å². The fraction of sp³-hybridized carbons (Fsp3) is 0.529. The molecule has 8 heteroatoms. The second-order valence-electron chi connectivity index (χ2n) is 12.2. The van der Waals surface area contributed by atoms with E-state index in [0.717, 1.165) is 11.3 Å². The summed E-state index contributed by atoms with van der Waals surface area (Å²) >= 11 is 0. The summed E-state index contributed by atoms with van der Waals surface area (Å²) in [5, 5.41) is 22.9. The molecule has 6 nitrogen and oxygen atoms in total. The SMILES string of the molecule is COc1ccc(CCC(C)(O)C(C)(O)C2C3CC(=O)[C@H](C(C)C#CCCC(F)(F)C(=O)Oc4ccccc4C)C32)cc1. The smallest absolute Gasteiger partial charge is 0.382 e. The highest BCUT2D eigenvalue weighted by Gasteiger charge is 2.70. The summed E-state index contributed by atoms with van der Waals surface area (Å²) in [6.45, 7) is 6.72. The first-order valence-electron chi connectivity index (χ1n) is 14.4. The molecule has 0 amide bonds. The fourth-order valence-corrected chi connectivity index (χ4v) is 6.42. The monoisotopic (exact) mass is 582 g/mol. The lowest BCUT2D eigenvalue weighted by atomic mass is 9.74. The molecule has 2 N–H and O–H groups in total. The van der Waals surface area contributed by atoms with Gasteiger partial charge in [0.1, 0.15) is 17.3 Å². The number of Topliss-reactive ketones (excluding diaryl/α,β-unsaturated/α-hetero) is 1. The van der Waals surface area contributed by atoms with Gasteiger partial charge in [-0.2, -0.15) is 8.78 Å². The van der Waals surface area contributed by atoms with Crippen LogP contribution in [0, 0.1) is 48.4 Å². The first-order chi connectivity index (χ1) is 19.7. The number of benzene rings is 2. The van der Waals surface area contributed by atoms with E-state index in [4.69, 9.17) is 9.47 Å². The molecule has 0 bridgehead atoms. The zero-order valence-corrected chi connectivity index (χ0v) is 24.8. The maximum absolute atomic E-state index is 14.4. The van der Waals surface area contributed by atoms with Gasteiger partial charge in [-0.1, -0.05) is 43.2 Å². The van der Waals surface area contributed by atoms with Crippen LogP contribution in [0.25, 0.3) is 0 Å². The third kappa shape index (κ3) is 6.53. The van der Waals surface area contributed by atoms with Crippen molar-refractivity contribution in [3.05, 3.63) is 59.7 Å². The number of ether oxygens (including phenoxy) is 2. The molecule has 0 saturated heterocycles. The number of esters is 1. The van der Waals surface area contributed by atoms with Crippen LogP contribution < -0.4 is 9.47 Å². The number of alkyl halides is 2. The Kier molecular flexibility index (Phi) is 9.15. The highest BCUT2D eigenvalue weighted by Crippen LogP contribution is 2.66. The Bertz CT molecular complexity index is 1350. The number of ketones is 1. The number of methoxy groups -OCH3 is 1. The van der Waals surface area contributed by atoms with Gasteiger partial charge in [0.15, 0.2) is 0 Å². The Labute approximate surface area is 246 Å². The van der Waals surface area contributed by atoms with Crippen LogP contribution >= 0.6 is 0 Å². The molecule has 4 rings (SSSR count). The predicted molar refractivity (Wildman–Crippen MR) is 154 cm³/mol. The molecule has 0 aliphatic heterocycles. The summed E-state index contributed by atoms with van der Waals surface area (Å²) in [6, 6.07) is 14.0. The number of aryl methyl sites for hydroxylation is 2. The van der Waals surface area contributed by atoms with Gasteiger partial charge in [0.05, 0.1) is 18.3 Å². The number of rotatable bonds is 11. The molecule has 226 valence electrons. The molecule has 0 spiro atoms. The molecule has 2 aromatic carbocycles. The van der Waals surface area contributed by atoms with Gasteiger partial charge in [-0.05, 0) is 80.7 Å². The van der Waals surface area contributed by atoms with Gasteiger partial charge in [-0.3, -0.25) is 4.79 Å². The second kappa shape index (κ2) is 12.1. The second-order valence-corrected chi connectivity index (χ2v) is 12.2. The third-order valence-corrected chi connectivity index (χ3v) is 9.28. The van der Waals surface area contributed by atoms with Gasteiger partial charge < -0.3 is 19.7 Å². The molecule has 42 heavy (non-hydrogen) atoms. The van der Waals surface area contributed by atoms with Gasteiger partial charge in [-0.25, -0.2) is 4.79 Å². The van der Waals surface area contributed by atoms with E-state index in [-0.39, 0.29) is 35.7 Å². The van der Waals surface area contributed by atoms with E-state index in [9.17, 15) is 28.6 Å². The number of hydrogen-bond donors (Lipinski definition) is 2. The van der Waals surface area contributed by atoms with E-state index in [0.29, 0.717) is 24.8 Å². The summed E-state index contributed by atoms with van der Waals surface area (Å²) in [5.74, 6) is -0.0815. The predicted octanol–water partition coefficient (Wildman–Crippen LogP) is 5.55. The van der Waals surface area contributed by atoms with Crippen LogP contribution in [0.5, 0.6) is 11.5 Å². The van der Waals surface area contributed by atoms with Crippen molar-refractivity contribution in [2.45, 2.75) is 76.9 Å². The minimum absolute atomic E-state index is 0.0452. The van der Waals surface area contributed by atoms with E-state index in [1.54, 1.807) is 53.0 Å². The highest BCUT2D eigenvalue weighted by atomic mass is 19.3. The van der Waals surface area contributed by atoms with Gasteiger partial charge in [0.2, 0.25) is 0 Å². The molecule has 2 fully saturated rings. The van der Waals surface area contributed by atoms with Crippen LogP contribution in [0.3, 0.4) is 0 Å². The quantitative estimate of drug-likeness (QED) is 0.205. The fourth-order valence-electron chi connectivity index (χ4n) is 6.42. The average molecular weight is 583 g/mol. The molecule has 0 heterocycles. The van der Waals surface area contributed by atoms with Crippen LogP contribution in [-0.2, 0) is 16.0 Å². The van der Waals surface area contributed by atoms with Crippen molar-refractivity contribution in [3.63, 3.8) is 0 Å². The first-order valence-corrected chi connectivity index (χ1v) is 14.4. The molecular weight excluding hydrogens is 542 g/mol. The highest BCUT2D eigenvalue weighted by molar-refractivity contribution is 5.86. The standard InChI is InChI=1S/C34H40F2O6/c1-21-10-6-7-12-27(21)42-31(38)34(35,36)18-9-8-11-22(2)28-26(37)20-25-29(28)30(25)33(4,40)32(3,39)19-17-23-13-15-24(41-5)16-14-23/h6-7,10,12-16,22,25,28-30,39-40H,9,17-20H2,1-5H3/t22?,25?,28-,29?,30?,32?,33?/m0/s1. The zero-order chi connectivity index (χ0) is 30.9. The van der Waals surface area contributed by atoms with Crippen LogP contribution in [0.4, 0.5) is 8.78 Å². The van der Waals surface area contributed by atoms with Crippen molar-refractivity contribution in [2.24, 2.45) is 29.6 Å². The largest absolute Gasteiger partial charge is 0.497 e. The van der Waals surface area contributed by atoms with Crippen molar-refractivity contribution in [2.75, 3.05) is 7.11 Å². The maximum Gasteiger partial charge on any atom is 0.382 e. The Hall–Kier alpha value is -3.28. The van der Waals surface area contributed by atoms with Crippen molar-refractivity contribution in [3.8, 4) is 23.3 Å². The van der Waals surface area contributed by atoms with E-state index in [2.05, 4.69) is 11.8 Å². The number of carbonyl (C=O) groups excluding carboxylic acids is 2.